The van der Waals surface area contributed by atoms with E-state index in [9.17, 15) is 0 Å². The van der Waals surface area contributed by atoms with Gasteiger partial charge in [-0.05, 0) is 43.5 Å². The van der Waals surface area contributed by atoms with Gasteiger partial charge in [-0.15, -0.1) is 12.6 Å². The Morgan fingerprint density at radius 1 is 1.42 bits per heavy atom. The fourth-order valence-corrected chi connectivity index (χ4v) is 1.46. The highest BCUT2D eigenvalue weighted by molar-refractivity contribution is 7.80. The maximum absolute atomic E-state index is 5.45. The summed E-state index contributed by atoms with van der Waals surface area (Å²) in [6, 6.07) is 6.20. The Bertz CT molecular complexity index is 258. The lowest BCUT2D eigenvalue weighted by atomic mass is 10.0. The van der Waals surface area contributed by atoms with Crippen molar-refractivity contribution in [2.45, 2.75) is 24.7 Å². The third-order valence-corrected chi connectivity index (χ3v) is 2.55. The highest BCUT2D eigenvalue weighted by Gasteiger charge is 1.99. The second kappa shape index (κ2) is 4.53. The number of benzene rings is 1. The van der Waals surface area contributed by atoms with Crippen molar-refractivity contribution in [3.63, 3.8) is 0 Å². The lowest BCUT2D eigenvalue weighted by molar-refractivity contribution is 0.825. The minimum atomic E-state index is 0.760. The molecule has 0 amide bonds. The number of hydrogen-bond donors (Lipinski definition) is 2. The number of aryl methyl sites for hydroxylation is 1. The van der Waals surface area contributed by atoms with Gasteiger partial charge in [0.15, 0.2) is 0 Å². The predicted octanol–water partition coefficient (Wildman–Crippen LogP) is 2.18. The molecular formula is C10H15NS. The summed E-state index contributed by atoms with van der Waals surface area (Å²) in [6.45, 7) is 2.87. The summed E-state index contributed by atoms with van der Waals surface area (Å²) >= 11 is 4.36. The first kappa shape index (κ1) is 9.62. The van der Waals surface area contributed by atoms with E-state index in [2.05, 4.69) is 25.6 Å². The fraction of sp³-hybridized carbons (Fsp3) is 0.400. The van der Waals surface area contributed by atoms with Crippen molar-refractivity contribution in [2.75, 3.05) is 6.54 Å². The van der Waals surface area contributed by atoms with Crippen LogP contribution < -0.4 is 5.73 Å². The Balaban J connectivity index is 2.78. The van der Waals surface area contributed by atoms with Gasteiger partial charge in [-0.25, -0.2) is 0 Å². The van der Waals surface area contributed by atoms with Gasteiger partial charge in [-0.1, -0.05) is 12.1 Å². The predicted molar refractivity (Wildman–Crippen MR) is 55.8 cm³/mol. The number of rotatable bonds is 3. The van der Waals surface area contributed by atoms with E-state index in [-0.39, 0.29) is 0 Å². The number of thiol groups is 1. The first-order valence-electron chi connectivity index (χ1n) is 4.23. The topological polar surface area (TPSA) is 26.0 Å². The van der Waals surface area contributed by atoms with E-state index < -0.39 is 0 Å². The fourth-order valence-electron chi connectivity index (χ4n) is 1.23. The van der Waals surface area contributed by atoms with Crippen molar-refractivity contribution in [3.8, 4) is 0 Å². The van der Waals surface area contributed by atoms with Crippen LogP contribution in [0.4, 0.5) is 0 Å². The molecule has 0 bridgehead atoms. The molecule has 0 aliphatic heterocycles. The van der Waals surface area contributed by atoms with Gasteiger partial charge in [0.25, 0.3) is 0 Å². The molecule has 12 heavy (non-hydrogen) atoms. The molecular weight excluding hydrogens is 166 g/mol. The lowest BCUT2D eigenvalue weighted by Gasteiger charge is -2.06. The molecule has 0 saturated heterocycles. The zero-order valence-electron chi connectivity index (χ0n) is 7.38. The molecule has 0 aliphatic carbocycles. The molecule has 0 heterocycles. The molecule has 0 unspecified atom stereocenters. The van der Waals surface area contributed by atoms with Crippen LogP contribution in [0.3, 0.4) is 0 Å². The average molecular weight is 181 g/mol. The SMILES string of the molecule is Cc1c(S)cccc1CCCN. The highest BCUT2D eigenvalue weighted by atomic mass is 32.1. The van der Waals surface area contributed by atoms with Crippen LogP contribution in [0, 0.1) is 6.92 Å². The van der Waals surface area contributed by atoms with Gasteiger partial charge in [0.2, 0.25) is 0 Å². The first-order valence-corrected chi connectivity index (χ1v) is 4.68. The summed E-state index contributed by atoms with van der Waals surface area (Å²) < 4.78 is 0. The third kappa shape index (κ3) is 2.26. The summed E-state index contributed by atoms with van der Waals surface area (Å²) in [5, 5.41) is 0. The smallest absolute Gasteiger partial charge is 0.00719 e. The van der Waals surface area contributed by atoms with Crippen molar-refractivity contribution in [3.05, 3.63) is 29.3 Å². The minimum Gasteiger partial charge on any atom is -0.330 e. The molecule has 1 nitrogen and oxygen atoms in total. The van der Waals surface area contributed by atoms with Crippen LogP contribution in [0.1, 0.15) is 17.5 Å². The Morgan fingerprint density at radius 2 is 2.17 bits per heavy atom. The van der Waals surface area contributed by atoms with E-state index in [1.54, 1.807) is 0 Å². The molecule has 2 N–H and O–H groups in total. The zero-order valence-corrected chi connectivity index (χ0v) is 8.27. The maximum Gasteiger partial charge on any atom is 0.00719 e. The maximum atomic E-state index is 5.45. The van der Waals surface area contributed by atoms with Crippen LogP contribution in [-0.4, -0.2) is 6.54 Å². The van der Waals surface area contributed by atoms with Crippen molar-refractivity contribution in [1.82, 2.24) is 0 Å². The molecule has 2 heteroatoms. The van der Waals surface area contributed by atoms with E-state index in [0.717, 1.165) is 24.3 Å². The highest BCUT2D eigenvalue weighted by Crippen LogP contribution is 2.17. The van der Waals surface area contributed by atoms with Crippen LogP contribution in [0.2, 0.25) is 0 Å². The summed E-state index contributed by atoms with van der Waals surface area (Å²) in [5.74, 6) is 0. The molecule has 0 radical (unpaired) electrons. The molecule has 0 aliphatic rings. The quantitative estimate of drug-likeness (QED) is 0.687. The van der Waals surface area contributed by atoms with Crippen molar-refractivity contribution in [2.24, 2.45) is 5.73 Å². The largest absolute Gasteiger partial charge is 0.330 e. The Morgan fingerprint density at radius 3 is 2.83 bits per heavy atom. The van der Waals surface area contributed by atoms with E-state index in [1.807, 2.05) is 12.1 Å². The average Bonchev–Trinajstić information content (AvgIpc) is 2.08. The van der Waals surface area contributed by atoms with Gasteiger partial charge in [0.05, 0.1) is 0 Å². The molecule has 0 spiro atoms. The zero-order chi connectivity index (χ0) is 8.97. The second-order valence-electron chi connectivity index (χ2n) is 2.95. The Kier molecular flexibility index (Phi) is 3.63. The number of hydrogen-bond acceptors (Lipinski definition) is 2. The molecule has 0 aromatic heterocycles. The van der Waals surface area contributed by atoms with Gasteiger partial charge >= 0.3 is 0 Å². The summed E-state index contributed by atoms with van der Waals surface area (Å²) in [7, 11) is 0. The van der Waals surface area contributed by atoms with E-state index in [0.29, 0.717) is 0 Å². The molecule has 1 aromatic carbocycles. The van der Waals surface area contributed by atoms with Crippen molar-refractivity contribution < 1.29 is 0 Å². The normalized spacial score (nSPS) is 10.2. The van der Waals surface area contributed by atoms with Gasteiger partial charge in [-0.3, -0.25) is 0 Å². The monoisotopic (exact) mass is 181 g/mol. The molecule has 0 fully saturated rings. The summed E-state index contributed by atoms with van der Waals surface area (Å²) in [6.07, 6.45) is 2.12. The van der Waals surface area contributed by atoms with Crippen LogP contribution in [0.15, 0.2) is 23.1 Å². The van der Waals surface area contributed by atoms with Gasteiger partial charge in [0.1, 0.15) is 0 Å². The molecule has 66 valence electrons. The number of nitrogens with two attached hydrogens (primary N) is 1. The van der Waals surface area contributed by atoms with Crippen LogP contribution in [0.5, 0.6) is 0 Å². The lowest BCUT2D eigenvalue weighted by Crippen LogP contribution is -2.01. The molecule has 1 aromatic rings. The van der Waals surface area contributed by atoms with Gasteiger partial charge in [-0.2, -0.15) is 0 Å². The molecule has 0 saturated carbocycles. The molecule has 0 atom stereocenters. The molecule has 1 rings (SSSR count). The standard InChI is InChI=1S/C10H15NS/c1-8-9(5-3-7-11)4-2-6-10(8)12/h2,4,6,12H,3,5,7,11H2,1H3. The minimum absolute atomic E-state index is 0.760. The van der Waals surface area contributed by atoms with E-state index in [4.69, 9.17) is 5.73 Å². The summed E-state index contributed by atoms with van der Waals surface area (Å²) in [5.41, 5.74) is 8.10. The summed E-state index contributed by atoms with van der Waals surface area (Å²) in [4.78, 5) is 1.07. The van der Waals surface area contributed by atoms with Crippen LogP contribution in [-0.2, 0) is 6.42 Å². The Labute approximate surface area is 79.4 Å². The third-order valence-electron chi connectivity index (χ3n) is 2.07. The van der Waals surface area contributed by atoms with Crippen molar-refractivity contribution in [1.29, 1.82) is 0 Å². The van der Waals surface area contributed by atoms with Crippen LogP contribution >= 0.6 is 12.6 Å². The second-order valence-corrected chi connectivity index (χ2v) is 3.44. The van der Waals surface area contributed by atoms with Gasteiger partial charge in [0, 0.05) is 4.90 Å². The first-order chi connectivity index (χ1) is 5.75. The van der Waals surface area contributed by atoms with E-state index >= 15 is 0 Å². The van der Waals surface area contributed by atoms with Gasteiger partial charge < -0.3 is 5.73 Å². The van der Waals surface area contributed by atoms with Crippen molar-refractivity contribution >= 4 is 12.6 Å². The van der Waals surface area contributed by atoms with E-state index in [1.165, 1.54) is 11.1 Å². The van der Waals surface area contributed by atoms with Crippen LogP contribution in [0.25, 0.3) is 0 Å². The Hall–Kier alpha value is -0.470.